The maximum Gasteiger partial charge on any atom is 0.321 e. The molecule has 1 aliphatic heterocycles. The largest absolute Gasteiger partial charge is 0.380 e. The van der Waals surface area contributed by atoms with E-state index in [0.29, 0.717) is 23.4 Å². The summed E-state index contributed by atoms with van der Waals surface area (Å²) in [5.74, 6) is -0.500. The molecule has 7 nitrogen and oxygen atoms in total. The second-order valence-electron chi connectivity index (χ2n) is 7.70. The predicted octanol–water partition coefficient (Wildman–Crippen LogP) is 2.20. The van der Waals surface area contributed by atoms with E-state index in [-0.39, 0.29) is 12.1 Å². The summed E-state index contributed by atoms with van der Waals surface area (Å²) in [6, 6.07) is 5.58. The summed E-state index contributed by atoms with van der Waals surface area (Å²) in [5, 5.41) is 2.92. The van der Waals surface area contributed by atoms with Gasteiger partial charge >= 0.3 is 6.03 Å². The van der Waals surface area contributed by atoms with Crippen LogP contribution in [0.15, 0.2) is 18.2 Å². The van der Waals surface area contributed by atoms with Gasteiger partial charge < -0.3 is 20.7 Å². The van der Waals surface area contributed by atoms with Crippen LogP contribution in [0.1, 0.15) is 41.6 Å². The summed E-state index contributed by atoms with van der Waals surface area (Å²) in [7, 11) is 3.62. The lowest BCUT2D eigenvalue weighted by Gasteiger charge is -2.35. The van der Waals surface area contributed by atoms with Crippen LogP contribution in [-0.4, -0.2) is 67.2 Å². The molecule has 1 aromatic rings. The first-order valence-electron chi connectivity index (χ1n) is 9.61. The number of nitrogens with two attached hydrogens (primary N) is 1. The minimum absolute atomic E-state index is 0.157. The topological polar surface area (TPSA) is 87.9 Å². The van der Waals surface area contributed by atoms with Gasteiger partial charge in [-0.05, 0) is 56.4 Å². The minimum Gasteiger partial charge on any atom is -0.380 e. The van der Waals surface area contributed by atoms with Crippen molar-refractivity contribution in [3.8, 4) is 0 Å². The summed E-state index contributed by atoms with van der Waals surface area (Å²) < 4.78 is 5.49. The highest BCUT2D eigenvalue weighted by molar-refractivity contribution is 5.96. The summed E-state index contributed by atoms with van der Waals surface area (Å²) in [6.45, 7) is 3.83. The number of carbonyl (C=O) groups is 2. The molecular weight excluding hydrogens is 344 g/mol. The average molecular weight is 374 g/mol. The van der Waals surface area contributed by atoms with E-state index < -0.39 is 5.91 Å². The van der Waals surface area contributed by atoms with E-state index >= 15 is 0 Å². The number of nitrogens with one attached hydrogen (secondary N) is 1. The van der Waals surface area contributed by atoms with Gasteiger partial charge in [-0.25, -0.2) is 4.79 Å². The maximum atomic E-state index is 12.8. The zero-order valence-electron chi connectivity index (χ0n) is 16.4. The van der Waals surface area contributed by atoms with Gasteiger partial charge in [0.05, 0.1) is 6.10 Å². The molecule has 0 bridgehead atoms. The predicted molar refractivity (Wildman–Crippen MR) is 105 cm³/mol. The zero-order chi connectivity index (χ0) is 19.6. The first-order valence-corrected chi connectivity index (χ1v) is 9.61. The second-order valence-corrected chi connectivity index (χ2v) is 7.70. The lowest BCUT2D eigenvalue weighted by atomic mass is 10.1. The van der Waals surface area contributed by atoms with Crippen molar-refractivity contribution in [1.29, 1.82) is 0 Å². The Morgan fingerprint density at radius 1 is 1.26 bits per heavy atom. The van der Waals surface area contributed by atoms with Crippen molar-refractivity contribution < 1.29 is 14.3 Å². The van der Waals surface area contributed by atoms with E-state index in [0.717, 1.165) is 44.3 Å². The number of hydrogen-bond donors (Lipinski definition) is 2. The van der Waals surface area contributed by atoms with E-state index in [2.05, 4.69) is 10.2 Å². The number of nitrogens with zero attached hydrogens (tertiary/aromatic N) is 2. The Bertz CT molecular complexity index is 708. The molecule has 3 amide bonds. The standard InChI is InChI=1S/C20H30N4O3/c1-13-9-14(19(21)25)11-15(10-13)22-20(26)23(2)17-5-4-6-18(17)24-8-7-16(12-24)27-3/h9-11,16-18H,4-8,12H2,1-3H3,(H2,21,25)(H,22,26)/t16?,17-,18+/m0/s1. The number of likely N-dealkylation sites (N-methyl/N-ethyl adjacent to an activating group) is 1. The van der Waals surface area contributed by atoms with Crippen LogP contribution in [-0.2, 0) is 4.74 Å². The molecule has 1 heterocycles. The SMILES string of the molecule is COC1CCN([C@@H]2CCC[C@@H]2N(C)C(=O)Nc2cc(C)cc(C(N)=O)c2)C1. The number of methoxy groups -OCH3 is 1. The van der Waals surface area contributed by atoms with Gasteiger partial charge in [0.25, 0.3) is 0 Å². The van der Waals surface area contributed by atoms with Crippen molar-refractivity contribution in [2.24, 2.45) is 5.73 Å². The molecule has 2 fully saturated rings. The summed E-state index contributed by atoms with van der Waals surface area (Å²) in [6.07, 6.45) is 4.58. The van der Waals surface area contributed by atoms with Gasteiger partial charge in [0, 0.05) is 50.6 Å². The highest BCUT2D eigenvalue weighted by Crippen LogP contribution is 2.31. The molecule has 0 spiro atoms. The lowest BCUT2D eigenvalue weighted by Crippen LogP contribution is -2.50. The molecule has 3 atom stereocenters. The van der Waals surface area contributed by atoms with Crippen LogP contribution in [0.5, 0.6) is 0 Å². The first-order chi connectivity index (χ1) is 12.9. The van der Waals surface area contributed by atoms with Crippen LogP contribution in [0.2, 0.25) is 0 Å². The van der Waals surface area contributed by atoms with Gasteiger partial charge in [0.2, 0.25) is 5.91 Å². The highest BCUT2D eigenvalue weighted by Gasteiger charge is 2.39. The molecule has 7 heteroatoms. The van der Waals surface area contributed by atoms with E-state index in [1.165, 1.54) is 0 Å². The monoisotopic (exact) mass is 374 g/mol. The number of rotatable bonds is 5. The fraction of sp³-hybridized carbons (Fsp3) is 0.600. The van der Waals surface area contributed by atoms with E-state index in [4.69, 9.17) is 10.5 Å². The molecule has 1 aromatic carbocycles. The van der Waals surface area contributed by atoms with Crippen LogP contribution in [0.4, 0.5) is 10.5 Å². The quantitative estimate of drug-likeness (QED) is 0.827. The molecule has 0 aromatic heterocycles. The van der Waals surface area contributed by atoms with Gasteiger partial charge in [0.15, 0.2) is 0 Å². The number of likely N-dealkylation sites (tertiary alicyclic amines) is 1. The van der Waals surface area contributed by atoms with Crippen molar-refractivity contribution in [1.82, 2.24) is 9.80 Å². The van der Waals surface area contributed by atoms with Gasteiger partial charge in [0.1, 0.15) is 0 Å². The highest BCUT2D eigenvalue weighted by atomic mass is 16.5. The summed E-state index contributed by atoms with van der Waals surface area (Å²) in [4.78, 5) is 28.6. The second kappa shape index (κ2) is 8.27. The zero-order valence-corrected chi connectivity index (χ0v) is 16.4. The Kier molecular flexibility index (Phi) is 6.01. The normalized spacial score (nSPS) is 25.5. The van der Waals surface area contributed by atoms with Crippen LogP contribution < -0.4 is 11.1 Å². The van der Waals surface area contributed by atoms with E-state index in [9.17, 15) is 9.59 Å². The van der Waals surface area contributed by atoms with E-state index in [1.54, 1.807) is 19.2 Å². The van der Waals surface area contributed by atoms with E-state index in [1.807, 2.05) is 24.9 Å². The third kappa shape index (κ3) is 4.42. The van der Waals surface area contributed by atoms with Crippen LogP contribution in [0, 0.1) is 6.92 Å². The Labute approximate surface area is 160 Å². The molecular formula is C20H30N4O3. The van der Waals surface area contributed by atoms with Gasteiger partial charge in [-0.2, -0.15) is 0 Å². The summed E-state index contributed by atoms with van der Waals surface area (Å²) >= 11 is 0. The third-order valence-corrected chi connectivity index (χ3v) is 5.85. The van der Waals surface area contributed by atoms with Crippen molar-refractivity contribution in [2.75, 3.05) is 32.6 Å². The van der Waals surface area contributed by atoms with Crippen LogP contribution >= 0.6 is 0 Å². The Morgan fingerprint density at radius 2 is 2.04 bits per heavy atom. The molecule has 3 N–H and O–H groups in total. The van der Waals surface area contributed by atoms with Crippen molar-refractivity contribution in [2.45, 2.75) is 50.8 Å². The van der Waals surface area contributed by atoms with Gasteiger partial charge in [-0.3, -0.25) is 9.69 Å². The fourth-order valence-corrected chi connectivity index (χ4v) is 4.41. The number of benzene rings is 1. The summed E-state index contributed by atoms with van der Waals surface area (Å²) in [5.41, 5.74) is 7.25. The number of amides is 3. The Balaban J connectivity index is 1.67. The fourth-order valence-electron chi connectivity index (χ4n) is 4.41. The molecule has 148 valence electrons. The molecule has 1 saturated heterocycles. The molecule has 2 aliphatic rings. The van der Waals surface area contributed by atoms with Crippen LogP contribution in [0.3, 0.4) is 0 Å². The van der Waals surface area contributed by atoms with Crippen molar-refractivity contribution >= 4 is 17.6 Å². The molecule has 0 radical (unpaired) electrons. The van der Waals surface area contributed by atoms with Gasteiger partial charge in [-0.1, -0.05) is 0 Å². The number of hydrogen-bond acceptors (Lipinski definition) is 4. The number of urea groups is 1. The number of aryl methyl sites for hydroxylation is 1. The maximum absolute atomic E-state index is 12.8. The first kappa shape index (κ1) is 19.6. The Morgan fingerprint density at radius 3 is 2.70 bits per heavy atom. The van der Waals surface area contributed by atoms with Crippen LogP contribution in [0.25, 0.3) is 0 Å². The molecule has 1 unspecified atom stereocenters. The molecule has 1 saturated carbocycles. The molecule has 3 rings (SSSR count). The smallest absolute Gasteiger partial charge is 0.321 e. The molecule has 1 aliphatic carbocycles. The van der Waals surface area contributed by atoms with Crippen molar-refractivity contribution in [3.05, 3.63) is 29.3 Å². The average Bonchev–Trinajstić information content (AvgIpc) is 3.29. The molecule has 27 heavy (non-hydrogen) atoms. The number of ether oxygens (including phenoxy) is 1. The lowest BCUT2D eigenvalue weighted by molar-refractivity contribution is 0.0907. The van der Waals surface area contributed by atoms with Gasteiger partial charge in [-0.15, -0.1) is 0 Å². The minimum atomic E-state index is -0.500. The number of anilines is 1. The number of primary amides is 1. The van der Waals surface area contributed by atoms with Crippen molar-refractivity contribution in [3.63, 3.8) is 0 Å². The third-order valence-electron chi connectivity index (χ3n) is 5.85. The number of carbonyl (C=O) groups excluding carboxylic acids is 2. The Hall–Kier alpha value is -2.12.